The summed E-state index contributed by atoms with van der Waals surface area (Å²) in [6, 6.07) is 7.72. The van der Waals surface area contributed by atoms with E-state index in [1.54, 1.807) is 13.3 Å². The van der Waals surface area contributed by atoms with Gasteiger partial charge in [-0.25, -0.2) is 4.98 Å². The number of aromatic amines is 1. The third kappa shape index (κ3) is 2.80. The molecule has 4 rings (SSSR count). The number of amides is 1. The third-order valence-electron chi connectivity index (χ3n) is 5.23. The van der Waals surface area contributed by atoms with E-state index >= 15 is 0 Å². The van der Waals surface area contributed by atoms with Crippen LogP contribution in [-0.4, -0.2) is 47.6 Å². The van der Waals surface area contributed by atoms with Gasteiger partial charge in [0.2, 0.25) is 5.91 Å². The molecule has 1 saturated carbocycles. The smallest absolute Gasteiger partial charge is 0.234 e. The van der Waals surface area contributed by atoms with Gasteiger partial charge in [0.05, 0.1) is 25.7 Å². The fourth-order valence-corrected chi connectivity index (χ4v) is 3.61. The average Bonchev–Trinajstić information content (AvgIpc) is 3.36. The largest absolute Gasteiger partial charge is 0.497 e. The first kappa shape index (κ1) is 16.1. The molecule has 2 heterocycles. The van der Waals surface area contributed by atoms with Gasteiger partial charge in [-0.3, -0.25) is 4.79 Å². The van der Waals surface area contributed by atoms with Gasteiger partial charge >= 0.3 is 0 Å². The van der Waals surface area contributed by atoms with E-state index in [1.807, 2.05) is 36.1 Å². The van der Waals surface area contributed by atoms with Gasteiger partial charge < -0.3 is 19.4 Å². The van der Waals surface area contributed by atoms with Gasteiger partial charge in [0.1, 0.15) is 17.6 Å². The first-order valence-corrected chi connectivity index (χ1v) is 8.69. The number of imidazole rings is 1. The lowest BCUT2D eigenvalue weighted by molar-refractivity contribution is -0.143. The maximum absolute atomic E-state index is 13.4. The van der Waals surface area contributed by atoms with E-state index in [4.69, 9.17) is 9.47 Å². The minimum atomic E-state index is -0.399. The van der Waals surface area contributed by atoms with Crippen LogP contribution in [0.5, 0.6) is 5.75 Å². The summed E-state index contributed by atoms with van der Waals surface area (Å²) < 4.78 is 10.9. The van der Waals surface area contributed by atoms with Crippen LogP contribution in [0.1, 0.15) is 36.0 Å². The van der Waals surface area contributed by atoms with Crippen molar-refractivity contribution in [2.75, 3.05) is 26.9 Å². The summed E-state index contributed by atoms with van der Waals surface area (Å²) in [7, 11) is 1.65. The van der Waals surface area contributed by atoms with E-state index in [-0.39, 0.29) is 11.9 Å². The molecule has 0 radical (unpaired) electrons. The molecule has 0 bridgehead atoms. The standard InChI is InChI=1S/C19H23N3O3/c1-13-11-20-17(21-13)16-12-25-10-9-22(16)18(23)19(7-8-19)14-3-5-15(24-2)6-4-14/h3-6,11,16H,7-10,12H2,1-2H3,(H,20,21)/t16-/m0/s1. The number of aromatic nitrogens is 2. The highest BCUT2D eigenvalue weighted by atomic mass is 16.5. The average molecular weight is 341 g/mol. The molecule has 0 spiro atoms. The third-order valence-corrected chi connectivity index (χ3v) is 5.23. The normalized spacial score (nSPS) is 21.8. The van der Waals surface area contributed by atoms with E-state index in [2.05, 4.69) is 9.97 Å². The summed E-state index contributed by atoms with van der Waals surface area (Å²) >= 11 is 0. The molecule has 6 heteroatoms. The van der Waals surface area contributed by atoms with Crippen LogP contribution in [0.25, 0.3) is 0 Å². The summed E-state index contributed by atoms with van der Waals surface area (Å²) in [5.41, 5.74) is 1.66. The maximum atomic E-state index is 13.4. The minimum absolute atomic E-state index is 0.148. The Morgan fingerprint density at radius 3 is 2.72 bits per heavy atom. The first-order valence-electron chi connectivity index (χ1n) is 8.69. The molecule has 132 valence electrons. The summed E-state index contributed by atoms with van der Waals surface area (Å²) in [5, 5.41) is 0. The van der Waals surface area contributed by atoms with Gasteiger partial charge in [-0.05, 0) is 37.5 Å². The van der Waals surface area contributed by atoms with Gasteiger partial charge in [0.15, 0.2) is 0 Å². The fourth-order valence-electron chi connectivity index (χ4n) is 3.61. The number of aryl methyl sites for hydroxylation is 1. The number of hydrogen-bond acceptors (Lipinski definition) is 4. The van der Waals surface area contributed by atoms with Crippen LogP contribution < -0.4 is 4.74 Å². The second-order valence-electron chi connectivity index (χ2n) is 6.85. The zero-order valence-electron chi connectivity index (χ0n) is 14.6. The van der Waals surface area contributed by atoms with Gasteiger partial charge in [0, 0.05) is 18.4 Å². The number of ether oxygens (including phenoxy) is 2. The van der Waals surface area contributed by atoms with E-state index in [0.29, 0.717) is 19.8 Å². The van der Waals surface area contributed by atoms with E-state index in [0.717, 1.165) is 35.7 Å². The van der Waals surface area contributed by atoms with E-state index in [1.165, 1.54) is 0 Å². The quantitative estimate of drug-likeness (QED) is 0.927. The van der Waals surface area contributed by atoms with Crippen molar-refractivity contribution < 1.29 is 14.3 Å². The van der Waals surface area contributed by atoms with Crippen LogP contribution in [0.3, 0.4) is 0 Å². The maximum Gasteiger partial charge on any atom is 0.234 e. The second kappa shape index (κ2) is 6.19. The Morgan fingerprint density at radius 1 is 1.36 bits per heavy atom. The van der Waals surface area contributed by atoms with E-state index < -0.39 is 5.41 Å². The number of benzene rings is 1. The molecule has 1 atom stereocenters. The predicted octanol–water partition coefficient (Wildman–Crippen LogP) is 2.36. The predicted molar refractivity (Wildman–Crippen MR) is 92.5 cm³/mol. The molecule has 0 unspecified atom stereocenters. The summed E-state index contributed by atoms with van der Waals surface area (Å²) in [5.74, 6) is 1.79. The molecule has 2 aliphatic rings. The van der Waals surface area contributed by atoms with Crippen molar-refractivity contribution >= 4 is 5.91 Å². The SMILES string of the molecule is COc1ccc(C2(C(=O)N3CCOC[C@H]3c3ncc(C)[nH]3)CC2)cc1. The van der Waals surface area contributed by atoms with Crippen LogP contribution in [0.4, 0.5) is 0 Å². The monoisotopic (exact) mass is 341 g/mol. The number of hydrogen-bond donors (Lipinski definition) is 1. The molecule has 2 aromatic rings. The molecule has 1 amide bonds. The zero-order valence-corrected chi connectivity index (χ0v) is 14.6. The Balaban J connectivity index is 1.61. The first-order chi connectivity index (χ1) is 12.1. The molecule has 2 fully saturated rings. The highest BCUT2D eigenvalue weighted by Gasteiger charge is 2.54. The second-order valence-corrected chi connectivity index (χ2v) is 6.85. The molecule has 1 saturated heterocycles. The van der Waals surface area contributed by atoms with Crippen LogP contribution in [0.15, 0.2) is 30.5 Å². The number of carbonyl (C=O) groups is 1. The molecule has 1 aliphatic carbocycles. The van der Waals surface area contributed by atoms with Gasteiger partial charge in [-0.1, -0.05) is 12.1 Å². The number of nitrogens with one attached hydrogen (secondary N) is 1. The Morgan fingerprint density at radius 2 is 2.12 bits per heavy atom. The highest BCUT2D eigenvalue weighted by molar-refractivity contribution is 5.91. The Kier molecular flexibility index (Phi) is 4.00. The van der Waals surface area contributed by atoms with Crippen molar-refractivity contribution in [2.45, 2.75) is 31.2 Å². The Hall–Kier alpha value is -2.34. The van der Waals surface area contributed by atoms with Crippen LogP contribution in [0, 0.1) is 6.92 Å². The van der Waals surface area contributed by atoms with Crippen molar-refractivity contribution in [3.05, 3.63) is 47.5 Å². The van der Waals surface area contributed by atoms with Gasteiger partial charge in [-0.15, -0.1) is 0 Å². The molecule has 1 N–H and O–H groups in total. The molecule has 1 aromatic carbocycles. The fraction of sp³-hybridized carbons (Fsp3) is 0.474. The number of carbonyl (C=O) groups excluding carboxylic acids is 1. The van der Waals surface area contributed by atoms with Crippen molar-refractivity contribution in [1.29, 1.82) is 0 Å². The highest BCUT2D eigenvalue weighted by Crippen LogP contribution is 2.51. The number of methoxy groups -OCH3 is 1. The van der Waals surface area contributed by atoms with Gasteiger partial charge in [-0.2, -0.15) is 0 Å². The lowest BCUT2D eigenvalue weighted by atomic mass is 9.93. The number of H-pyrrole nitrogens is 1. The molecule has 1 aromatic heterocycles. The summed E-state index contributed by atoms with van der Waals surface area (Å²) in [6.45, 7) is 3.62. The summed E-state index contributed by atoms with van der Waals surface area (Å²) in [6.07, 6.45) is 3.57. The van der Waals surface area contributed by atoms with Crippen molar-refractivity contribution in [3.63, 3.8) is 0 Å². The van der Waals surface area contributed by atoms with Crippen LogP contribution >= 0.6 is 0 Å². The van der Waals surface area contributed by atoms with E-state index in [9.17, 15) is 4.79 Å². The van der Waals surface area contributed by atoms with Crippen molar-refractivity contribution in [2.24, 2.45) is 0 Å². The molecular formula is C19H23N3O3. The van der Waals surface area contributed by atoms with Crippen molar-refractivity contribution in [3.8, 4) is 5.75 Å². The Bertz CT molecular complexity index is 764. The molecule has 25 heavy (non-hydrogen) atoms. The molecule has 1 aliphatic heterocycles. The number of nitrogens with zero attached hydrogens (tertiary/aromatic N) is 2. The minimum Gasteiger partial charge on any atom is -0.497 e. The number of morpholine rings is 1. The zero-order chi connectivity index (χ0) is 17.4. The lowest BCUT2D eigenvalue weighted by Crippen LogP contribution is -2.48. The topological polar surface area (TPSA) is 67.4 Å². The molecule has 6 nitrogen and oxygen atoms in total. The summed E-state index contributed by atoms with van der Waals surface area (Å²) in [4.78, 5) is 23.0. The molecular weight excluding hydrogens is 318 g/mol. The number of rotatable bonds is 4. The lowest BCUT2D eigenvalue weighted by Gasteiger charge is -2.37. The van der Waals surface area contributed by atoms with Gasteiger partial charge in [0.25, 0.3) is 0 Å². The van der Waals surface area contributed by atoms with Crippen molar-refractivity contribution in [1.82, 2.24) is 14.9 Å². The van der Waals surface area contributed by atoms with Crippen LogP contribution in [0.2, 0.25) is 0 Å². The van der Waals surface area contributed by atoms with Crippen LogP contribution in [-0.2, 0) is 14.9 Å². The Labute approximate surface area is 147 Å².